The van der Waals surface area contributed by atoms with Crippen LogP contribution in [0.5, 0.6) is 0 Å². The topological polar surface area (TPSA) is 102 Å². The normalized spacial score (nSPS) is 19.7. The second-order valence-electron chi connectivity index (χ2n) is 11.0. The number of anilines is 2. The molecule has 8 nitrogen and oxygen atoms in total. The second kappa shape index (κ2) is 12.1. The van der Waals surface area contributed by atoms with Crippen LogP contribution in [0, 0.1) is 12.8 Å². The Morgan fingerprint density at radius 2 is 1.60 bits per heavy atom. The van der Waals surface area contributed by atoms with Crippen LogP contribution in [0.1, 0.15) is 23.1 Å². The molecule has 3 aromatic rings. The maximum atomic E-state index is 13.4. The Morgan fingerprint density at radius 3 is 2.23 bits per heavy atom. The number of hydrogen-bond acceptors (Lipinski definition) is 6. The number of carbonyl (C=O) groups excluding carboxylic acids is 1. The molecule has 0 radical (unpaired) electrons. The Morgan fingerprint density at radius 1 is 1.00 bits per heavy atom. The van der Waals surface area contributed by atoms with Gasteiger partial charge in [0, 0.05) is 44.1 Å². The Kier molecular flexibility index (Phi) is 8.56. The van der Waals surface area contributed by atoms with Crippen molar-refractivity contribution in [2.75, 3.05) is 38.1 Å². The number of aryl methyl sites for hydroxylation is 3. The summed E-state index contributed by atoms with van der Waals surface area (Å²) >= 11 is 0. The van der Waals surface area contributed by atoms with Gasteiger partial charge < -0.3 is 20.2 Å². The van der Waals surface area contributed by atoms with E-state index in [1.807, 2.05) is 31.2 Å². The molecule has 40 heavy (non-hydrogen) atoms. The molecule has 2 heterocycles. The number of sulfonamides is 1. The van der Waals surface area contributed by atoms with Gasteiger partial charge in [-0.05, 0) is 61.6 Å². The van der Waals surface area contributed by atoms with E-state index in [1.165, 1.54) is 11.1 Å². The highest BCUT2D eigenvalue weighted by Gasteiger charge is 2.32. The van der Waals surface area contributed by atoms with Gasteiger partial charge >= 0.3 is 0 Å². The van der Waals surface area contributed by atoms with Gasteiger partial charge in [0.1, 0.15) is 0 Å². The third-order valence-electron chi connectivity index (χ3n) is 7.84. The minimum Gasteiger partial charge on any atom is -0.389 e. The van der Waals surface area contributed by atoms with Gasteiger partial charge in [0.05, 0.1) is 23.5 Å². The lowest BCUT2D eigenvalue weighted by molar-refractivity contribution is -0.136. The lowest BCUT2D eigenvalue weighted by atomic mass is 9.95. The van der Waals surface area contributed by atoms with Crippen molar-refractivity contribution < 1.29 is 18.3 Å². The number of likely N-dealkylation sites (N-methyl/N-ethyl adjacent to an activating group) is 1. The minimum absolute atomic E-state index is 0.109. The van der Waals surface area contributed by atoms with Crippen molar-refractivity contribution in [2.24, 2.45) is 5.92 Å². The highest BCUT2D eigenvalue weighted by atomic mass is 32.2. The molecular formula is C31H38N4O4S. The Hall–Kier alpha value is -3.24. The second-order valence-corrected chi connectivity index (χ2v) is 12.7. The molecule has 0 spiro atoms. The van der Waals surface area contributed by atoms with E-state index in [0.717, 1.165) is 29.8 Å². The maximum absolute atomic E-state index is 13.4. The smallest absolute Gasteiger partial charge is 0.240 e. The van der Waals surface area contributed by atoms with Crippen LogP contribution in [0.15, 0.2) is 77.7 Å². The van der Waals surface area contributed by atoms with Crippen LogP contribution < -0.4 is 14.9 Å². The van der Waals surface area contributed by atoms with Crippen LogP contribution in [0.4, 0.5) is 11.4 Å². The lowest BCUT2D eigenvalue weighted by Gasteiger charge is -2.34. The molecule has 1 amide bonds. The first-order valence-electron chi connectivity index (χ1n) is 13.9. The zero-order valence-electron chi connectivity index (χ0n) is 23.1. The summed E-state index contributed by atoms with van der Waals surface area (Å²) in [6.45, 7) is 3.36. The SMILES string of the molecule is Cc1ccc(S(=O)(=O)NC2CNCC(C(=O)N(C)CC(O)CN3c4ccccc4CCc4ccccc43)C2)cc1. The maximum Gasteiger partial charge on any atom is 0.240 e. The molecule has 3 atom stereocenters. The van der Waals surface area contributed by atoms with E-state index in [0.29, 0.717) is 26.1 Å². The number of nitrogens with one attached hydrogen (secondary N) is 2. The highest BCUT2D eigenvalue weighted by Crippen LogP contribution is 2.36. The number of hydrogen-bond donors (Lipinski definition) is 3. The number of amides is 1. The van der Waals surface area contributed by atoms with Crippen molar-refractivity contribution in [1.82, 2.24) is 14.9 Å². The quantitative estimate of drug-likeness (QED) is 0.390. The molecule has 2 aliphatic heterocycles. The number of rotatable bonds is 8. The number of para-hydroxylation sites is 2. The number of fused-ring (bicyclic) bond motifs is 2. The monoisotopic (exact) mass is 562 g/mol. The van der Waals surface area contributed by atoms with E-state index in [4.69, 9.17) is 0 Å². The van der Waals surface area contributed by atoms with Crippen molar-refractivity contribution in [2.45, 2.75) is 43.2 Å². The molecule has 0 bridgehead atoms. The van der Waals surface area contributed by atoms with E-state index < -0.39 is 28.1 Å². The van der Waals surface area contributed by atoms with Gasteiger partial charge in [-0.2, -0.15) is 0 Å². The van der Waals surface area contributed by atoms with Crippen LogP contribution in [-0.4, -0.2) is 69.7 Å². The predicted octanol–water partition coefficient (Wildman–Crippen LogP) is 3.01. The van der Waals surface area contributed by atoms with E-state index in [9.17, 15) is 18.3 Å². The molecule has 9 heteroatoms. The summed E-state index contributed by atoms with van der Waals surface area (Å²) in [7, 11) is -1.99. The van der Waals surface area contributed by atoms with Gasteiger partial charge in [-0.3, -0.25) is 4.79 Å². The Labute approximate surface area is 237 Å². The molecule has 0 aliphatic carbocycles. The molecular weight excluding hydrogens is 524 g/mol. The minimum atomic E-state index is -3.69. The fraction of sp³-hybridized carbons (Fsp3) is 0.387. The molecule has 3 aromatic carbocycles. The third-order valence-corrected chi connectivity index (χ3v) is 9.37. The summed E-state index contributed by atoms with van der Waals surface area (Å²) < 4.78 is 28.5. The molecule has 212 valence electrons. The van der Waals surface area contributed by atoms with Gasteiger partial charge in [-0.25, -0.2) is 13.1 Å². The van der Waals surface area contributed by atoms with Crippen molar-refractivity contribution in [1.29, 1.82) is 0 Å². The van der Waals surface area contributed by atoms with E-state index in [-0.39, 0.29) is 17.3 Å². The molecule has 3 N–H and O–H groups in total. The molecule has 5 rings (SSSR count). The Balaban J connectivity index is 1.22. The van der Waals surface area contributed by atoms with Crippen molar-refractivity contribution in [3.8, 4) is 0 Å². The molecule has 1 saturated heterocycles. The number of aliphatic hydroxyl groups excluding tert-OH is 1. The Bertz CT molecular complexity index is 1400. The number of carbonyl (C=O) groups is 1. The third kappa shape index (κ3) is 6.39. The van der Waals surface area contributed by atoms with Crippen LogP contribution in [-0.2, 0) is 27.7 Å². The summed E-state index contributed by atoms with van der Waals surface area (Å²) in [6.07, 6.45) is 1.48. The summed E-state index contributed by atoms with van der Waals surface area (Å²) in [5.74, 6) is -0.501. The van der Waals surface area contributed by atoms with Gasteiger partial charge in [0.2, 0.25) is 15.9 Å². The average molecular weight is 563 g/mol. The summed E-state index contributed by atoms with van der Waals surface area (Å²) in [4.78, 5) is 17.3. The standard InChI is InChI=1S/C31H38N4O4S/c1-22-11-15-28(16-12-22)40(38,39)33-26-17-25(18-32-19-26)31(37)34(2)20-27(36)21-35-29-9-5-3-7-23(29)13-14-24-8-4-6-10-30(24)35/h3-12,15-16,25-27,32-33,36H,13-14,17-21H2,1-2H3. The summed E-state index contributed by atoms with van der Waals surface area (Å²) in [6, 6.07) is 22.9. The van der Waals surface area contributed by atoms with Gasteiger partial charge in [0.15, 0.2) is 0 Å². The predicted molar refractivity (Wildman–Crippen MR) is 157 cm³/mol. The van der Waals surface area contributed by atoms with Crippen molar-refractivity contribution >= 4 is 27.3 Å². The molecule has 0 saturated carbocycles. The summed E-state index contributed by atoms with van der Waals surface area (Å²) in [5, 5.41) is 14.4. The number of aliphatic hydroxyl groups is 1. The number of piperidine rings is 1. The van der Waals surface area contributed by atoms with E-state index in [1.54, 1.807) is 36.2 Å². The fourth-order valence-electron chi connectivity index (χ4n) is 5.78. The lowest BCUT2D eigenvalue weighted by Crippen LogP contribution is -2.53. The summed E-state index contributed by atoms with van der Waals surface area (Å²) in [5.41, 5.74) is 5.63. The number of β-amino-alcohol motifs (C(OH)–C–C–N with tert-alkyl or cyclic N) is 1. The fourth-order valence-corrected chi connectivity index (χ4v) is 7.03. The largest absolute Gasteiger partial charge is 0.389 e. The average Bonchev–Trinajstić information content (AvgIpc) is 3.10. The van der Waals surface area contributed by atoms with Crippen LogP contribution in [0.25, 0.3) is 0 Å². The van der Waals surface area contributed by atoms with E-state index >= 15 is 0 Å². The first-order valence-corrected chi connectivity index (χ1v) is 15.4. The first kappa shape index (κ1) is 28.3. The van der Waals surface area contributed by atoms with Crippen molar-refractivity contribution in [3.63, 3.8) is 0 Å². The van der Waals surface area contributed by atoms with Crippen LogP contribution >= 0.6 is 0 Å². The van der Waals surface area contributed by atoms with Gasteiger partial charge in [-0.1, -0.05) is 54.1 Å². The van der Waals surface area contributed by atoms with Crippen LogP contribution in [0.3, 0.4) is 0 Å². The van der Waals surface area contributed by atoms with Gasteiger partial charge in [0.25, 0.3) is 0 Å². The van der Waals surface area contributed by atoms with E-state index in [2.05, 4.69) is 39.2 Å². The number of nitrogens with zero attached hydrogens (tertiary/aromatic N) is 2. The molecule has 2 aliphatic rings. The van der Waals surface area contributed by atoms with Gasteiger partial charge in [-0.15, -0.1) is 0 Å². The highest BCUT2D eigenvalue weighted by molar-refractivity contribution is 7.89. The molecule has 1 fully saturated rings. The first-order chi connectivity index (χ1) is 19.2. The number of benzene rings is 3. The van der Waals surface area contributed by atoms with Crippen molar-refractivity contribution in [3.05, 3.63) is 89.5 Å². The zero-order chi connectivity index (χ0) is 28.3. The van der Waals surface area contributed by atoms with Crippen LogP contribution in [0.2, 0.25) is 0 Å². The molecule has 3 unspecified atom stereocenters. The zero-order valence-corrected chi connectivity index (χ0v) is 23.9. The molecule has 0 aromatic heterocycles.